The zero-order chi connectivity index (χ0) is 14.9. The molecule has 0 atom stereocenters. The summed E-state index contributed by atoms with van der Waals surface area (Å²) >= 11 is 0.732. The van der Waals surface area contributed by atoms with Crippen molar-refractivity contribution in [2.24, 2.45) is 0 Å². The average Bonchev–Trinajstić information content (AvgIpc) is 2.36. The maximum atomic E-state index is 13.5. The lowest BCUT2D eigenvalue weighted by Crippen LogP contribution is -2.06. The number of carbonyl (C=O) groups is 1. The van der Waals surface area contributed by atoms with Crippen LogP contribution in [0.3, 0.4) is 0 Å². The number of rotatable bonds is 3. The fraction of sp³-hybridized carbons (Fsp3) is 0. The van der Waals surface area contributed by atoms with E-state index in [9.17, 15) is 18.0 Å². The lowest BCUT2D eigenvalue weighted by atomic mass is 10.2. The van der Waals surface area contributed by atoms with Crippen molar-refractivity contribution in [3.63, 3.8) is 0 Å². The van der Waals surface area contributed by atoms with Crippen LogP contribution in [0.5, 0.6) is 0 Å². The summed E-state index contributed by atoms with van der Waals surface area (Å²) in [4.78, 5) is 11.2. The number of benzene rings is 2. The van der Waals surface area contributed by atoms with Crippen molar-refractivity contribution >= 4 is 23.4 Å². The van der Waals surface area contributed by atoms with Crippen LogP contribution in [0.1, 0.15) is 10.4 Å². The van der Waals surface area contributed by atoms with E-state index in [0.717, 1.165) is 23.9 Å². The minimum atomic E-state index is -1.42. The molecule has 0 aliphatic heterocycles. The van der Waals surface area contributed by atoms with Crippen LogP contribution in [0.4, 0.5) is 18.9 Å². The van der Waals surface area contributed by atoms with E-state index in [0.29, 0.717) is 6.07 Å². The van der Waals surface area contributed by atoms with Crippen LogP contribution in [0.15, 0.2) is 40.1 Å². The third kappa shape index (κ3) is 2.72. The van der Waals surface area contributed by atoms with E-state index in [4.69, 9.17) is 10.8 Å². The number of nitrogens with two attached hydrogens (primary N) is 1. The number of carboxylic acid groups (broad SMARTS) is 1. The molecule has 2 aromatic rings. The number of anilines is 1. The van der Waals surface area contributed by atoms with Gasteiger partial charge in [-0.15, -0.1) is 0 Å². The molecule has 2 rings (SSSR count). The molecule has 0 radical (unpaired) electrons. The van der Waals surface area contributed by atoms with Crippen molar-refractivity contribution in [3.05, 3.63) is 53.3 Å². The highest BCUT2D eigenvalue weighted by molar-refractivity contribution is 7.99. The first-order valence-electron chi connectivity index (χ1n) is 5.34. The fourth-order valence-electron chi connectivity index (χ4n) is 1.56. The molecule has 104 valence electrons. The minimum absolute atomic E-state index is 0.0138. The van der Waals surface area contributed by atoms with Crippen LogP contribution in [0, 0.1) is 17.5 Å². The molecule has 0 unspecified atom stereocenters. The largest absolute Gasteiger partial charge is 0.478 e. The molecule has 3 N–H and O–H groups in total. The summed E-state index contributed by atoms with van der Waals surface area (Å²) in [6, 6.07) is 5.06. The molecule has 2 aromatic carbocycles. The number of aromatic carboxylic acids is 1. The summed E-state index contributed by atoms with van der Waals surface area (Å²) < 4.78 is 39.6. The first-order valence-corrected chi connectivity index (χ1v) is 6.16. The lowest BCUT2D eigenvalue weighted by Gasteiger charge is -2.09. The Morgan fingerprint density at radius 3 is 2.30 bits per heavy atom. The van der Waals surface area contributed by atoms with Crippen molar-refractivity contribution in [2.75, 3.05) is 5.73 Å². The Morgan fingerprint density at radius 1 is 1.05 bits per heavy atom. The van der Waals surface area contributed by atoms with Gasteiger partial charge in [-0.05, 0) is 24.3 Å². The lowest BCUT2D eigenvalue weighted by molar-refractivity contribution is 0.0694. The van der Waals surface area contributed by atoms with Crippen molar-refractivity contribution in [1.29, 1.82) is 0 Å². The molecule has 0 heterocycles. The van der Waals surface area contributed by atoms with Gasteiger partial charge in [-0.25, -0.2) is 18.0 Å². The van der Waals surface area contributed by atoms with Crippen LogP contribution < -0.4 is 5.73 Å². The third-order valence-corrected chi connectivity index (χ3v) is 3.59. The highest BCUT2D eigenvalue weighted by atomic mass is 32.2. The smallest absolute Gasteiger partial charge is 0.339 e. The Balaban J connectivity index is 2.48. The van der Waals surface area contributed by atoms with E-state index < -0.39 is 34.7 Å². The first kappa shape index (κ1) is 14.3. The summed E-state index contributed by atoms with van der Waals surface area (Å²) in [5.74, 6) is -3.88. The minimum Gasteiger partial charge on any atom is -0.478 e. The number of hydrogen-bond donors (Lipinski definition) is 2. The second-order valence-corrected chi connectivity index (χ2v) is 4.90. The molecule has 0 saturated heterocycles. The number of hydrogen-bond acceptors (Lipinski definition) is 3. The standard InChI is InChI=1S/C13H8F3NO2S/c14-6-1-3-9(8(16)5-6)20-10-4-2-7(15)12(17)11(10)13(18)19/h1-5H,17H2,(H,18,19). The number of nitrogen functional groups attached to an aromatic ring is 1. The monoisotopic (exact) mass is 299 g/mol. The van der Waals surface area contributed by atoms with E-state index in [-0.39, 0.29) is 9.79 Å². The van der Waals surface area contributed by atoms with Crippen LogP contribution in [0.2, 0.25) is 0 Å². The van der Waals surface area contributed by atoms with Gasteiger partial charge in [-0.2, -0.15) is 0 Å². The number of halogens is 3. The van der Waals surface area contributed by atoms with Crippen LogP contribution >= 0.6 is 11.8 Å². The number of carboxylic acids is 1. The van der Waals surface area contributed by atoms with Gasteiger partial charge in [0.1, 0.15) is 17.5 Å². The third-order valence-electron chi connectivity index (χ3n) is 2.48. The second-order valence-electron chi connectivity index (χ2n) is 3.82. The Labute approximate surface area is 116 Å². The maximum Gasteiger partial charge on any atom is 0.339 e. The molecule has 3 nitrogen and oxygen atoms in total. The summed E-state index contributed by atoms with van der Waals surface area (Å²) in [5, 5.41) is 9.05. The Morgan fingerprint density at radius 2 is 1.70 bits per heavy atom. The molecule has 0 aliphatic carbocycles. The van der Waals surface area contributed by atoms with E-state index in [1.165, 1.54) is 12.1 Å². The predicted molar refractivity (Wildman–Crippen MR) is 68.3 cm³/mol. The summed E-state index contributed by atoms with van der Waals surface area (Å²) in [6.45, 7) is 0. The molecule has 0 aliphatic rings. The van der Waals surface area contributed by atoms with Crippen LogP contribution in [0.25, 0.3) is 0 Å². The van der Waals surface area contributed by atoms with Crippen molar-refractivity contribution in [2.45, 2.75) is 9.79 Å². The quantitative estimate of drug-likeness (QED) is 0.851. The average molecular weight is 299 g/mol. The normalized spacial score (nSPS) is 10.6. The van der Waals surface area contributed by atoms with Gasteiger partial charge in [0.2, 0.25) is 0 Å². The predicted octanol–water partition coefficient (Wildman–Crippen LogP) is 3.54. The van der Waals surface area contributed by atoms with Crippen molar-refractivity contribution in [1.82, 2.24) is 0 Å². The van der Waals surface area contributed by atoms with Crippen LogP contribution in [-0.2, 0) is 0 Å². The van der Waals surface area contributed by atoms with Gasteiger partial charge in [0.05, 0.1) is 11.3 Å². The highest BCUT2D eigenvalue weighted by Gasteiger charge is 2.19. The second kappa shape index (κ2) is 5.46. The molecule has 0 aromatic heterocycles. The van der Waals surface area contributed by atoms with Gasteiger partial charge < -0.3 is 10.8 Å². The molecule has 0 bridgehead atoms. The van der Waals surface area contributed by atoms with Crippen molar-refractivity contribution < 1.29 is 23.1 Å². The molecule has 20 heavy (non-hydrogen) atoms. The maximum absolute atomic E-state index is 13.5. The molecular formula is C13H8F3NO2S. The zero-order valence-corrected chi connectivity index (χ0v) is 10.7. The topological polar surface area (TPSA) is 63.3 Å². The van der Waals surface area contributed by atoms with Gasteiger partial charge in [0.15, 0.2) is 0 Å². The Bertz CT molecular complexity index is 692. The Kier molecular flexibility index (Phi) is 3.89. The van der Waals surface area contributed by atoms with Crippen molar-refractivity contribution in [3.8, 4) is 0 Å². The van der Waals surface area contributed by atoms with E-state index in [1.54, 1.807) is 0 Å². The highest BCUT2D eigenvalue weighted by Crippen LogP contribution is 2.35. The van der Waals surface area contributed by atoms with Crippen LogP contribution in [-0.4, -0.2) is 11.1 Å². The molecule has 0 fully saturated rings. The fourth-order valence-corrected chi connectivity index (χ4v) is 2.52. The molecule has 0 amide bonds. The summed E-state index contributed by atoms with van der Waals surface area (Å²) in [5.41, 5.74) is 4.41. The molecule has 0 spiro atoms. The van der Waals surface area contributed by atoms with Gasteiger partial charge in [-0.1, -0.05) is 11.8 Å². The summed E-state index contributed by atoms with van der Waals surface area (Å²) in [6.07, 6.45) is 0. The summed E-state index contributed by atoms with van der Waals surface area (Å²) in [7, 11) is 0. The Hall–Kier alpha value is -2.15. The SMILES string of the molecule is Nc1c(F)ccc(Sc2ccc(F)cc2F)c1C(=O)O. The van der Waals surface area contributed by atoms with E-state index in [1.807, 2.05) is 0 Å². The van der Waals surface area contributed by atoms with Gasteiger partial charge in [-0.3, -0.25) is 0 Å². The molecule has 7 heteroatoms. The van der Waals surface area contributed by atoms with Gasteiger partial charge in [0.25, 0.3) is 0 Å². The molecular weight excluding hydrogens is 291 g/mol. The first-order chi connectivity index (χ1) is 9.40. The zero-order valence-electron chi connectivity index (χ0n) is 9.86. The van der Waals surface area contributed by atoms with E-state index in [2.05, 4.69) is 0 Å². The molecule has 0 saturated carbocycles. The van der Waals surface area contributed by atoms with Gasteiger partial charge in [0, 0.05) is 15.9 Å². The van der Waals surface area contributed by atoms with Gasteiger partial charge >= 0.3 is 5.97 Å². The van der Waals surface area contributed by atoms with E-state index >= 15 is 0 Å².